The molecule has 1 saturated heterocycles. The number of hydrogen-bond donors (Lipinski definition) is 4. The molecule has 14 heteroatoms. The zero-order chi connectivity index (χ0) is 47.7. The van der Waals surface area contributed by atoms with Crippen LogP contribution in [0.1, 0.15) is 99.6 Å². The maximum Gasteiger partial charge on any atom is 0.404 e. The number of nitrogens with zero attached hydrogens (tertiary/aromatic N) is 2. The summed E-state index contributed by atoms with van der Waals surface area (Å²) in [6, 6.07) is 36.5. The Bertz CT molecular complexity index is 2230. The monoisotopic (exact) mass is 947 g/mol. The number of aliphatic hydroxyl groups is 1. The number of ether oxygens (including phenoxy) is 2. The molecule has 6 rings (SSSR count). The molecule has 1 unspecified atom stereocenters. The number of unbranched alkanes of at least 4 members (excludes halogenated alkanes) is 5. The molecule has 0 bridgehead atoms. The van der Waals surface area contributed by atoms with Crippen molar-refractivity contribution in [1.82, 2.24) is 20.5 Å². The van der Waals surface area contributed by atoms with Gasteiger partial charge in [-0.05, 0) is 80.7 Å². The number of primary amides is 1. The number of likely N-dealkylation sites (tertiary alicyclic amines) is 1. The van der Waals surface area contributed by atoms with Crippen molar-refractivity contribution >= 4 is 46.9 Å². The summed E-state index contributed by atoms with van der Waals surface area (Å²) in [5, 5.41) is 17.3. The van der Waals surface area contributed by atoms with Gasteiger partial charge in [0.25, 0.3) is 0 Å². The fourth-order valence-corrected chi connectivity index (χ4v) is 11.3. The molecule has 5 aromatic rings. The van der Waals surface area contributed by atoms with Gasteiger partial charge in [0.2, 0.25) is 17.7 Å². The number of nitrogens with one attached hydrogen (secondary N) is 2. The van der Waals surface area contributed by atoms with Crippen molar-refractivity contribution < 1.29 is 33.8 Å². The molecule has 3 atom stereocenters. The van der Waals surface area contributed by atoms with E-state index in [0.29, 0.717) is 26.2 Å². The minimum absolute atomic E-state index is 0.0438. The Morgan fingerprint density at radius 1 is 0.806 bits per heavy atom. The Morgan fingerprint density at radius 3 is 1.90 bits per heavy atom. The highest BCUT2D eigenvalue weighted by molar-refractivity contribution is 8.02. The van der Waals surface area contributed by atoms with E-state index in [1.165, 1.54) is 4.90 Å². The first-order valence-electron chi connectivity index (χ1n) is 23.3. The Balaban J connectivity index is 1.19. The number of β-amino-alcohol motifs (C(OH)–C–C–N with tert-alkyl or cyclic N) is 1. The topological polar surface area (TPSA) is 173 Å². The summed E-state index contributed by atoms with van der Waals surface area (Å²) in [4.78, 5) is 61.1. The van der Waals surface area contributed by atoms with Crippen LogP contribution >= 0.6 is 23.1 Å². The van der Waals surface area contributed by atoms with Crippen LogP contribution in [0.5, 0.6) is 0 Å². The van der Waals surface area contributed by atoms with Crippen molar-refractivity contribution in [2.45, 2.75) is 113 Å². The normalized spacial score (nSPS) is 15.5. The number of rotatable bonds is 25. The number of amides is 4. The highest BCUT2D eigenvalue weighted by Gasteiger charge is 2.50. The molecule has 356 valence electrons. The predicted molar refractivity (Wildman–Crippen MR) is 266 cm³/mol. The van der Waals surface area contributed by atoms with Crippen molar-refractivity contribution in [3.05, 3.63) is 149 Å². The van der Waals surface area contributed by atoms with E-state index in [1.807, 2.05) is 105 Å². The second-order valence-corrected chi connectivity index (χ2v) is 20.3. The maximum atomic E-state index is 15.3. The molecule has 0 saturated carbocycles. The molecule has 5 N–H and O–H groups in total. The number of benzene rings is 4. The molecule has 0 spiro atoms. The van der Waals surface area contributed by atoms with Gasteiger partial charge in [0, 0.05) is 43.9 Å². The van der Waals surface area contributed by atoms with Crippen LogP contribution in [0.15, 0.2) is 121 Å². The lowest BCUT2D eigenvalue weighted by atomic mass is 9.84. The van der Waals surface area contributed by atoms with E-state index in [2.05, 4.69) is 52.0 Å². The van der Waals surface area contributed by atoms with Crippen LogP contribution in [-0.2, 0) is 35.1 Å². The molecule has 1 aliphatic heterocycles. The first-order valence-corrected chi connectivity index (χ1v) is 25.0. The van der Waals surface area contributed by atoms with Crippen molar-refractivity contribution in [3.63, 3.8) is 0 Å². The van der Waals surface area contributed by atoms with E-state index in [4.69, 9.17) is 15.2 Å². The van der Waals surface area contributed by atoms with Crippen molar-refractivity contribution in [3.8, 4) is 10.4 Å². The van der Waals surface area contributed by atoms with E-state index >= 15 is 4.79 Å². The molecule has 4 aromatic carbocycles. The molecule has 2 heterocycles. The van der Waals surface area contributed by atoms with Crippen molar-refractivity contribution in [2.24, 2.45) is 5.73 Å². The molecule has 1 fully saturated rings. The lowest BCUT2D eigenvalue weighted by Gasteiger charge is -2.45. The summed E-state index contributed by atoms with van der Waals surface area (Å²) in [7, 11) is 0. The molecular formula is C53H65N5O7S2. The molecular weight excluding hydrogens is 883 g/mol. The number of thioether (sulfide) groups is 1. The van der Waals surface area contributed by atoms with Gasteiger partial charge in [0.1, 0.15) is 12.1 Å². The summed E-state index contributed by atoms with van der Waals surface area (Å²) >= 11 is 3.17. The number of carbonyl (C=O) groups excluding carboxylic acids is 4. The third-order valence-electron chi connectivity index (χ3n) is 12.1. The zero-order valence-corrected chi connectivity index (χ0v) is 40.5. The van der Waals surface area contributed by atoms with Crippen molar-refractivity contribution in [2.75, 3.05) is 26.4 Å². The standard InChI is InChI=1S/C53H65N5O7S2/c1-38-47(66-37-56-38)40-29-27-39(28-30-40)35-55-49(61)45-34-44(59)36-58(45)50(62)48(57-46(60)26-16-9-18-32-64-31-17-4-5-19-33-65-51(54)63)52(2,3)67-53(41-20-10-6-11-21-41,42-22-12-7-13-23-42)43-24-14-8-15-25-43/h6-8,10-15,20-25,27-30,37,44-45,48,59H,4-5,9,16-19,26,31-36H2,1-3H3,(H2,54,63)(H,55,61)(H,57,60)/t44-,45+,48?/m1/s1. The van der Waals surface area contributed by atoms with E-state index in [0.717, 1.165) is 76.9 Å². The van der Waals surface area contributed by atoms with Crippen LogP contribution in [0.2, 0.25) is 0 Å². The van der Waals surface area contributed by atoms with E-state index in [-0.39, 0.29) is 37.7 Å². The van der Waals surface area contributed by atoms with Gasteiger partial charge in [-0.1, -0.05) is 128 Å². The van der Waals surface area contributed by atoms with Gasteiger partial charge in [-0.15, -0.1) is 23.1 Å². The summed E-state index contributed by atoms with van der Waals surface area (Å²) in [5.74, 6) is -1.06. The summed E-state index contributed by atoms with van der Waals surface area (Å²) in [6.45, 7) is 7.68. The minimum Gasteiger partial charge on any atom is -0.450 e. The van der Waals surface area contributed by atoms with Gasteiger partial charge in [-0.25, -0.2) is 9.78 Å². The van der Waals surface area contributed by atoms with E-state index in [1.54, 1.807) is 23.1 Å². The zero-order valence-electron chi connectivity index (χ0n) is 38.9. The lowest BCUT2D eigenvalue weighted by molar-refractivity contribution is -0.142. The number of aromatic nitrogens is 1. The highest BCUT2D eigenvalue weighted by atomic mass is 32.2. The largest absolute Gasteiger partial charge is 0.450 e. The van der Waals surface area contributed by atoms with E-state index in [9.17, 15) is 19.5 Å². The third kappa shape index (κ3) is 14.0. The molecule has 12 nitrogen and oxygen atoms in total. The number of thiazole rings is 1. The molecule has 0 aliphatic carbocycles. The number of nitrogens with two attached hydrogens (primary N) is 1. The van der Waals surface area contributed by atoms with Gasteiger partial charge >= 0.3 is 6.09 Å². The maximum absolute atomic E-state index is 15.3. The lowest BCUT2D eigenvalue weighted by Crippen LogP contribution is -2.60. The Morgan fingerprint density at radius 2 is 1.36 bits per heavy atom. The number of aliphatic hydroxyl groups excluding tert-OH is 1. The molecule has 0 radical (unpaired) electrons. The summed E-state index contributed by atoms with van der Waals surface area (Å²) in [6.07, 6.45) is 4.32. The smallest absolute Gasteiger partial charge is 0.404 e. The minimum atomic E-state index is -1.09. The third-order valence-corrected chi connectivity index (χ3v) is 14.9. The van der Waals surface area contributed by atoms with Crippen LogP contribution in [-0.4, -0.2) is 88.1 Å². The van der Waals surface area contributed by atoms with Gasteiger partial charge in [0.15, 0.2) is 0 Å². The molecule has 67 heavy (non-hydrogen) atoms. The predicted octanol–water partition coefficient (Wildman–Crippen LogP) is 8.92. The molecule has 1 aliphatic rings. The Kier molecular flexibility index (Phi) is 19.0. The fraction of sp³-hybridized carbons (Fsp3) is 0.415. The fourth-order valence-electron chi connectivity index (χ4n) is 8.65. The van der Waals surface area contributed by atoms with Gasteiger partial charge < -0.3 is 35.8 Å². The molecule has 1 aromatic heterocycles. The highest BCUT2D eigenvalue weighted by Crippen LogP contribution is 2.54. The summed E-state index contributed by atoms with van der Waals surface area (Å²) in [5.41, 5.74) is 12.7. The van der Waals surface area contributed by atoms with Gasteiger partial charge in [-0.3, -0.25) is 14.4 Å². The first kappa shape index (κ1) is 50.9. The SMILES string of the molecule is Cc1ncsc1-c1ccc(CNC(=O)[C@@H]2C[C@@H](O)CN2C(=O)C(NC(=O)CCCCCOCCCCCCOC(N)=O)C(C)(C)SC(c2ccccc2)(c2ccccc2)c2ccccc2)cc1. The second-order valence-electron chi connectivity index (χ2n) is 17.6. The van der Waals surface area contributed by atoms with Gasteiger partial charge in [-0.2, -0.15) is 0 Å². The second kappa shape index (κ2) is 25.0. The van der Waals surface area contributed by atoms with E-state index < -0.39 is 39.7 Å². The van der Waals surface area contributed by atoms with Gasteiger partial charge in [0.05, 0.1) is 33.5 Å². The number of aryl methyl sites for hydroxylation is 1. The average Bonchev–Trinajstić information content (AvgIpc) is 3.96. The Hall–Kier alpha value is -5.54. The summed E-state index contributed by atoms with van der Waals surface area (Å²) < 4.78 is 8.77. The van der Waals surface area contributed by atoms with Crippen LogP contribution in [0.4, 0.5) is 4.79 Å². The van der Waals surface area contributed by atoms with Crippen LogP contribution < -0.4 is 16.4 Å². The van der Waals surface area contributed by atoms with Crippen LogP contribution in [0, 0.1) is 6.92 Å². The molecule has 4 amide bonds. The Labute approximate surface area is 403 Å². The van der Waals surface area contributed by atoms with Crippen LogP contribution in [0.3, 0.4) is 0 Å². The number of carbonyl (C=O) groups is 4. The number of hydrogen-bond acceptors (Lipinski definition) is 10. The van der Waals surface area contributed by atoms with Crippen LogP contribution in [0.25, 0.3) is 10.4 Å². The average molecular weight is 948 g/mol. The quantitative estimate of drug-likeness (QED) is 0.0329. The first-order chi connectivity index (χ1) is 32.4. The van der Waals surface area contributed by atoms with Crippen molar-refractivity contribution in [1.29, 1.82) is 0 Å².